The minimum atomic E-state index is -0.260. The Bertz CT molecular complexity index is 1100. The first-order valence-corrected chi connectivity index (χ1v) is 11.9. The van der Waals surface area contributed by atoms with E-state index in [1.165, 1.54) is 0 Å². The molecule has 0 spiro atoms. The van der Waals surface area contributed by atoms with Gasteiger partial charge in [-0.25, -0.2) is 4.98 Å². The van der Waals surface area contributed by atoms with Crippen molar-refractivity contribution in [1.29, 1.82) is 0 Å². The highest BCUT2D eigenvalue weighted by Crippen LogP contribution is 2.38. The van der Waals surface area contributed by atoms with Crippen molar-refractivity contribution in [3.05, 3.63) is 30.0 Å². The summed E-state index contributed by atoms with van der Waals surface area (Å²) < 4.78 is 5.54. The van der Waals surface area contributed by atoms with Crippen LogP contribution >= 0.6 is 0 Å². The number of carbonyl (C=O) groups excluding carboxylic acids is 2. The van der Waals surface area contributed by atoms with Gasteiger partial charge in [-0.1, -0.05) is 6.92 Å². The van der Waals surface area contributed by atoms with E-state index in [-0.39, 0.29) is 29.9 Å². The molecule has 2 aliphatic heterocycles. The number of hydrogen-bond donors (Lipinski definition) is 3. The predicted octanol–water partition coefficient (Wildman–Crippen LogP) is 2.04. The lowest BCUT2D eigenvalue weighted by Gasteiger charge is -2.43. The van der Waals surface area contributed by atoms with Crippen molar-refractivity contribution >= 4 is 35.0 Å². The number of methoxy groups -OCH3 is 1. The van der Waals surface area contributed by atoms with E-state index in [4.69, 9.17) is 9.72 Å². The maximum absolute atomic E-state index is 13.0. The average Bonchev–Trinajstić information content (AvgIpc) is 3.50. The van der Waals surface area contributed by atoms with Gasteiger partial charge in [-0.2, -0.15) is 4.98 Å². The highest BCUT2D eigenvalue weighted by atomic mass is 16.5. The molecule has 1 aromatic carbocycles. The van der Waals surface area contributed by atoms with Gasteiger partial charge in [0.2, 0.25) is 11.9 Å². The summed E-state index contributed by atoms with van der Waals surface area (Å²) in [5, 5.41) is 9.63. The van der Waals surface area contributed by atoms with Crippen LogP contribution in [0.2, 0.25) is 0 Å². The third kappa shape index (κ3) is 4.13. The number of likely N-dealkylation sites (N-methyl/N-ethyl adjacent to an activating group) is 1. The van der Waals surface area contributed by atoms with Crippen LogP contribution in [0.1, 0.15) is 43.0 Å². The predicted molar refractivity (Wildman–Crippen MR) is 130 cm³/mol. The van der Waals surface area contributed by atoms with Gasteiger partial charge in [-0.15, -0.1) is 0 Å². The van der Waals surface area contributed by atoms with Crippen molar-refractivity contribution in [2.24, 2.45) is 0 Å². The van der Waals surface area contributed by atoms with Crippen molar-refractivity contribution in [2.75, 3.05) is 42.4 Å². The number of nitrogens with one attached hydrogen (secondary N) is 3. The second-order valence-corrected chi connectivity index (χ2v) is 9.07. The van der Waals surface area contributed by atoms with Gasteiger partial charge in [-0.05, 0) is 50.4 Å². The Hall–Kier alpha value is -3.40. The summed E-state index contributed by atoms with van der Waals surface area (Å²) >= 11 is 0. The molecule has 5 rings (SSSR count). The molecular formula is C24H31N7O3. The number of hydrogen-bond acceptors (Lipinski definition) is 8. The lowest BCUT2D eigenvalue weighted by Crippen LogP contribution is -2.56. The average molecular weight is 466 g/mol. The van der Waals surface area contributed by atoms with Crippen LogP contribution in [0.5, 0.6) is 5.75 Å². The Morgan fingerprint density at radius 3 is 2.79 bits per heavy atom. The monoisotopic (exact) mass is 465 g/mol. The van der Waals surface area contributed by atoms with Crippen molar-refractivity contribution in [3.63, 3.8) is 0 Å². The molecule has 10 nitrogen and oxygen atoms in total. The first-order valence-electron chi connectivity index (χ1n) is 11.9. The molecule has 0 bridgehead atoms. The number of nitrogens with zero attached hydrogens (tertiary/aromatic N) is 4. The minimum absolute atomic E-state index is 0.0629. The molecule has 2 amide bonds. The largest absolute Gasteiger partial charge is 0.495 e. The number of amides is 2. The van der Waals surface area contributed by atoms with Gasteiger partial charge >= 0.3 is 0 Å². The van der Waals surface area contributed by atoms with Crippen LogP contribution in [0, 0.1) is 0 Å². The van der Waals surface area contributed by atoms with Crippen molar-refractivity contribution in [2.45, 2.75) is 50.7 Å². The van der Waals surface area contributed by atoms with Gasteiger partial charge in [-0.3, -0.25) is 9.59 Å². The number of carbonyl (C=O) groups is 2. The number of fused-ring (bicyclic) bond motifs is 1. The van der Waals surface area contributed by atoms with Crippen molar-refractivity contribution < 1.29 is 14.3 Å². The molecule has 2 atom stereocenters. The Morgan fingerprint density at radius 1 is 1.29 bits per heavy atom. The number of ether oxygens (including phenoxy) is 1. The molecule has 1 aromatic heterocycles. The first-order chi connectivity index (χ1) is 16.5. The Morgan fingerprint density at radius 2 is 2.12 bits per heavy atom. The summed E-state index contributed by atoms with van der Waals surface area (Å²) in [6.07, 6.45) is 5.41. The molecule has 3 heterocycles. The van der Waals surface area contributed by atoms with Crippen LogP contribution in [-0.2, 0) is 4.79 Å². The highest BCUT2D eigenvalue weighted by molar-refractivity contribution is 6.04. The zero-order valence-electron chi connectivity index (χ0n) is 19.8. The molecule has 3 N–H and O–H groups in total. The van der Waals surface area contributed by atoms with E-state index >= 15 is 0 Å². The maximum atomic E-state index is 13.0. The van der Waals surface area contributed by atoms with Gasteiger partial charge in [0, 0.05) is 31.2 Å². The smallest absolute Gasteiger partial charge is 0.251 e. The number of benzene rings is 1. The quantitative estimate of drug-likeness (QED) is 0.570. The van der Waals surface area contributed by atoms with Gasteiger partial charge in [0.05, 0.1) is 19.0 Å². The molecule has 1 aliphatic carbocycles. The molecule has 3 aliphatic rings. The third-order valence-corrected chi connectivity index (χ3v) is 6.74. The fraction of sp³-hybridized carbons (Fsp3) is 0.500. The van der Waals surface area contributed by atoms with E-state index < -0.39 is 0 Å². The molecule has 1 unspecified atom stereocenters. The van der Waals surface area contributed by atoms with Gasteiger partial charge in [0.1, 0.15) is 17.5 Å². The van der Waals surface area contributed by atoms with Crippen LogP contribution in [0.4, 0.5) is 23.1 Å². The maximum Gasteiger partial charge on any atom is 0.251 e. The van der Waals surface area contributed by atoms with Crippen LogP contribution in [0.3, 0.4) is 0 Å². The normalized spacial score (nSPS) is 21.9. The zero-order chi connectivity index (χ0) is 23.8. The Kier molecular flexibility index (Phi) is 5.99. The van der Waals surface area contributed by atoms with Crippen molar-refractivity contribution in [1.82, 2.24) is 20.6 Å². The summed E-state index contributed by atoms with van der Waals surface area (Å²) in [5.74, 6) is 1.64. The number of rotatable bonds is 7. The van der Waals surface area contributed by atoms with Crippen LogP contribution < -0.4 is 30.5 Å². The van der Waals surface area contributed by atoms with E-state index in [2.05, 4.69) is 25.8 Å². The molecule has 34 heavy (non-hydrogen) atoms. The zero-order valence-corrected chi connectivity index (χ0v) is 19.8. The van der Waals surface area contributed by atoms with E-state index in [1.807, 2.05) is 6.92 Å². The van der Waals surface area contributed by atoms with Crippen LogP contribution in [0.25, 0.3) is 0 Å². The topological polar surface area (TPSA) is 112 Å². The van der Waals surface area contributed by atoms with Crippen LogP contribution in [0.15, 0.2) is 24.4 Å². The molecular weight excluding hydrogens is 434 g/mol. The first kappa shape index (κ1) is 22.4. The van der Waals surface area contributed by atoms with E-state index in [0.29, 0.717) is 35.1 Å². The minimum Gasteiger partial charge on any atom is -0.495 e. The Balaban J connectivity index is 1.45. The molecule has 0 radical (unpaired) electrons. The molecule has 1 saturated carbocycles. The molecule has 180 valence electrons. The summed E-state index contributed by atoms with van der Waals surface area (Å²) in [6, 6.07) is 5.50. The summed E-state index contributed by atoms with van der Waals surface area (Å²) in [5.41, 5.74) is 1.91. The second kappa shape index (κ2) is 9.09. The summed E-state index contributed by atoms with van der Waals surface area (Å²) in [4.78, 5) is 38.6. The Labute approximate surface area is 199 Å². The summed E-state index contributed by atoms with van der Waals surface area (Å²) in [6.45, 7) is 3.77. The SMILES string of the molecule is CC[C@@H]1C(=O)N(C)c2cnc(Nc3ccc(C(=O)NC4CC4)cc3OC)nc2N1C1CCNC1. The third-order valence-electron chi connectivity index (χ3n) is 6.74. The van der Waals surface area contributed by atoms with Gasteiger partial charge in [0.15, 0.2) is 5.82 Å². The lowest BCUT2D eigenvalue weighted by atomic mass is 10.0. The highest BCUT2D eigenvalue weighted by Gasteiger charge is 2.41. The summed E-state index contributed by atoms with van der Waals surface area (Å²) in [7, 11) is 3.34. The molecule has 2 fully saturated rings. The number of aromatic nitrogens is 2. The molecule has 10 heteroatoms. The fourth-order valence-electron chi connectivity index (χ4n) is 4.69. The van der Waals surface area contributed by atoms with Gasteiger partial charge in [0.25, 0.3) is 5.91 Å². The lowest BCUT2D eigenvalue weighted by molar-refractivity contribution is -0.120. The fourth-order valence-corrected chi connectivity index (χ4v) is 4.69. The van der Waals surface area contributed by atoms with Crippen molar-refractivity contribution in [3.8, 4) is 5.75 Å². The van der Waals surface area contributed by atoms with E-state index in [0.717, 1.165) is 38.2 Å². The molecule has 2 aromatic rings. The van der Waals surface area contributed by atoms with E-state index in [1.54, 1.807) is 43.5 Å². The van der Waals surface area contributed by atoms with Gasteiger partial charge < -0.3 is 30.5 Å². The second-order valence-electron chi connectivity index (χ2n) is 9.07. The van der Waals surface area contributed by atoms with E-state index in [9.17, 15) is 9.59 Å². The van der Waals surface area contributed by atoms with Crippen LogP contribution in [-0.4, -0.2) is 67.2 Å². The number of anilines is 4. The standard InChI is InChI=1S/C24H31N7O3/c1-4-18-23(33)30(2)19-13-26-24(29-21(19)31(18)16-9-10-25-12-16)28-17-8-5-14(11-20(17)34-3)22(32)27-15-6-7-15/h5,8,11,13,15-16,18,25H,4,6-7,9-10,12H2,1-3H3,(H,27,32)(H,26,28,29)/t16?,18-/m1/s1. The molecule has 1 saturated heterocycles.